The first-order valence-corrected chi connectivity index (χ1v) is 6.32. The largest absolute Gasteiger partial charge is 0.493 e. The first kappa shape index (κ1) is 14.0. The van der Waals surface area contributed by atoms with Gasteiger partial charge in [0.2, 0.25) is 0 Å². The van der Waals surface area contributed by atoms with Crippen LogP contribution in [0.3, 0.4) is 0 Å². The van der Waals surface area contributed by atoms with Gasteiger partial charge in [0.15, 0.2) is 0 Å². The number of aliphatic hydroxyl groups excluding tert-OH is 1. The molecule has 0 spiro atoms. The Labute approximate surface area is 109 Å². The van der Waals surface area contributed by atoms with Crippen LogP contribution in [0.2, 0.25) is 0 Å². The SMILES string of the molecule is N=C(N)c1cc(Br)ccc1OCCCCCO. The van der Waals surface area contributed by atoms with E-state index in [4.69, 9.17) is 21.0 Å². The molecule has 17 heavy (non-hydrogen) atoms. The van der Waals surface area contributed by atoms with Gasteiger partial charge in [0.1, 0.15) is 11.6 Å². The second-order valence-electron chi connectivity index (χ2n) is 3.69. The molecule has 0 radical (unpaired) electrons. The quantitative estimate of drug-likeness (QED) is 0.410. The van der Waals surface area contributed by atoms with Crippen LogP contribution in [0.4, 0.5) is 0 Å². The number of hydrogen-bond acceptors (Lipinski definition) is 3. The van der Waals surface area contributed by atoms with Crippen molar-refractivity contribution in [2.75, 3.05) is 13.2 Å². The van der Waals surface area contributed by atoms with Crippen LogP contribution >= 0.6 is 15.9 Å². The predicted molar refractivity (Wildman–Crippen MR) is 71.6 cm³/mol. The van der Waals surface area contributed by atoms with E-state index in [2.05, 4.69) is 15.9 Å². The third-order valence-corrected chi connectivity index (χ3v) is 2.79. The second-order valence-corrected chi connectivity index (χ2v) is 4.60. The molecule has 1 aromatic rings. The average Bonchev–Trinajstić information content (AvgIpc) is 2.30. The summed E-state index contributed by atoms with van der Waals surface area (Å²) >= 11 is 3.33. The summed E-state index contributed by atoms with van der Waals surface area (Å²) < 4.78 is 6.45. The highest BCUT2D eigenvalue weighted by Gasteiger charge is 2.07. The fourth-order valence-corrected chi connectivity index (χ4v) is 1.77. The lowest BCUT2D eigenvalue weighted by Crippen LogP contribution is -2.13. The molecule has 0 atom stereocenters. The zero-order valence-corrected chi connectivity index (χ0v) is 11.2. The predicted octanol–water partition coefficient (Wildman–Crippen LogP) is 2.27. The summed E-state index contributed by atoms with van der Waals surface area (Å²) in [6.45, 7) is 0.791. The van der Waals surface area contributed by atoms with E-state index >= 15 is 0 Å². The Balaban J connectivity index is 2.55. The molecule has 4 nitrogen and oxygen atoms in total. The van der Waals surface area contributed by atoms with Crippen molar-refractivity contribution in [3.63, 3.8) is 0 Å². The summed E-state index contributed by atoms with van der Waals surface area (Å²) in [5, 5.41) is 16.1. The van der Waals surface area contributed by atoms with Gasteiger partial charge in [-0.1, -0.05) is 15.9 Å². The fourth-order valence-electron chi connectivity index (χ4n) is 1.41. The highest BCUT2D eigenvalue weighted by atomic mass is 79.9. The number of rotatable bonds is 7. The van der Waals surface area contributed by atoms with Gasteiger partial charge in [0, 0.05) is 11.1 Å². The van der Waals surface area contributed by atoms with Crippen molar-refractivity contribution in [2.45, 2.75) is 19.3 Å². The summed E-state index contributed by atoms with van der Waals surface area (Å²) in [6.07, 6.45) is 2.61. The van der Waals surface area contributed by atoms with E-state index < -0.39 is 0 Å². The number of hydrogen-bond donors (Lipinski definition) is 3. The second kappa shape index (κ2) is 7.29. The zero-order chi connectivity index (χ0) is 12.7. The first-order chi connectivity index (χ1) is 8.15. The number of nitrogens with one attached hydrogen (secondary N) is 1. The normalized spacial score (nSPS) is 10.2. The van der Waals surface area contributed by atoms with E-state index in [1.807, 2.05) is 6.07 Å². The zero-order valence-electron chi connectivity index (χ0n) is 9.58. The lowest BCUT2D eigenvalue weighted by Gasteiger charge is -2.10. The Kier molecular flexibility index (Phi) is 6.00. The number of halogens is 1. The molecule has 0 unspecified atom stereocenters. The van der Waals surface area contributed by atoms with Gasteiger partial charge in [0.05, 0.1) is 12.2 Å². The van der Waals surface area contributed by atoms with Crippen molar-refractivity contribution < 1.29 is 9.84 Å². The topological polar surface area (TPSA) is 79.3 Å². The first-order valence-electron chi connectivity index (χ1n) is 5.52. The van der Waals surface area contributed by atoms with Crippen molar-refractivity contribution in [3.05, 3.63) is 28.2 Å². The van der Waals surface area contributed by atoms with Crippen LogP contribution in [0.25, 0.3) is 0 Å². The number of nitrogens with two attached hydrogens (primary N) is 1. The monoisotopic (exact) mass is 300 g/mol. The summed E-state index contributed by atoms with van der Waals surface area (Å²) in [5.41, 5.74) is 6.08. The van der Waals surface area contributed by atoms with Crippen LogP contribution in [-0.4, -0.2) is 24.2 Å². The number of amidine groups is 1. The molecule has 0 bridgehead atoms. The molecule has 0 aliphatic heterocycles. The highest BCUT2D eigenvalue weighted by Crippen LogP contribution is 2.23. The molecule has 0 aromatic heterocycles. The Hall–Kier alpha value is -1.07. The smallest absolute Gasteiger partial charge is 0.130 e. The van der Waals surface area contributed by atoms with E-state index in [9.17, 15) is 0 Å². The van der Waals surface area contributed by atoms with Crippen LogP contribution < -0.4 is 10.5 Å². The summed E-state index contributed by atoms with van der Waals surface area (Å²) in [6, 6.07) is 5.42. The lowest BCUT2D eigenvalue weighted by atomic mass is 10.2. The van der Waals surface area contributed by atoms with Crippen molar-refractivity contribution in [2.24, 2.45) is 5.73 Å². The van der Waals surface area contributed by atoms with Crippen LogP contribution in [-0.2, 0) is 0 Å². The molecule has 0 amide bonds. The fraction of sp³-hybridized carbons (Fsp3) is 0.417. The third-order valence-electron chi connectivity index (χ3n) is 2.29. The molecule has 0 aliphatic rings. The molecule has 0 saturated carbocycles. The molecule has 1 rings (SSSR count). The maximum atomic E-state index is 8.64. The van der Waals surface area contributed by atoms with Gasteiger partial charge in [-0.15, -0.1) is 0 Å². The number of nitrogen functional groups attached to an aromatic ring is 1. The number of unbranched alkanes of at least 4 members (excludes halogenated alkanes) is 2. The van der Waals surface area contributed by atoms with Gasteiger partial charge in [0.25, 0.3) is 0 Å². The Morgan fingerprint density at radius 1 is 1.35 bits per heavy atom. The highest BCUT2D eigenvalue weighted by molar-refractivity contribution is 9.10. The summed E-state index contributed by atoms with van der Waals surface area (Å²) in [5.74, 6) is 0.626. The lowest BCUT2D eigenvalue weighted by molar-refractivity contribution is 0.266. The van der Waals surface area contributed by atoms with Crippen molar-refractivity contribution in [1.29, 1.82) is 5.41 Å². The van der Waals surface area contributed by atoms with Gasteiger partial charge in [-0.3, -0.25) is 5.41 Å². The Morgan fingerprint density at radius 2 is 2.12 bits per heavy atom. The van der Waals surface area contributed by atoms with E-state index in [1.54, 1.807) is 12.1 Å². The molecular weight excluding hydrogens is 284 g/mol. The van der Waals surface area contributed by atoms with Crippen molar-refractivity contribution in [1.82, 2.24) is 0 Å². The Morgan fingerprint density at radius 3 is 2.76 bits per heavy atom. The van der Waals surface area contributed by atoms with Gasteiger partial charge in [-0.05, 0) is 37.5 Å². The van der Waals surface area contributed by atoms with E-state index in [1.165, 1.54) is 0 Å². The molecule has 0 saturated heterocycles. The maximum Gasteiger partial charge on any atom is 0.130 e. The van der Waals surface area contributed by atoms with E-state index in [0.717, 1.165) is 23.7 Å². The maximum absolute atomic E-state index is 8.64. The van der Waals surface area contributed by atoms with Crippen LogP contribution in [0.15, 0.2) is 22.7 Å². The minimum atomic E-state index is -0.00309. The molecule has 0 aliphatic carbocycles. The van der Waals surface area contributed by atoms with Gasteiger partial charge in [-0.2, -0.15) is 0 Å². The van der Waals surface area contributed by atoms with Gasteiger partial charge in [-0.25, -0.2) is 0 Å². The third kappa shape index (κ3) is 4.75. The molecule has 5 heteroatoms. The standard InChI is InChI=1S/C12H17BrN2O2/c13-9-4-5-11(10(8-9)12(14)15)17-7-3-1-2-6-16/h4-5,8,16H,1-3,6-7H2,(H3,14,15). The summed E-state index contributed by atoms with van der Waals surface area (Å²) in [4.78, 5) is 0. The van der Waals surface area contributed by atoms with E-state index in [-0.39, 0.29) is 12.4 Å². The molecule has 0 fully saturated rings. The molecule has 0 heterocycles. The summed E-state index contributed by atoms with van der Waals surface area (Å²) in [7, 11) is 0. The molecule has 1 aromatic carbocycles. The minimum Gasteiger partial charge on any atom is -0.493 e. The van der Waals surface area contributed by atoms with Crippen LogP contribution in [0, 0.1) is 5.41 Å². The number of ether oxygens (including phenoxy) is 1. The number of benzene rings is 1. The van der Waals surface area contributed by atoms with Crippen LogP contribution in [0.1, 0.15) is 24.8 Å². The molecule has 94 valence electrons. The number of aliphatic hydroxyl groups is 1. The average molecular weight is 301 g/mol. The van der Waals surface area contributed by atoms with Crippen LogP contribution in [0.5, 0.6) is 5.75 Å². The van der Waals surface area contributed by atoms with Gasteiger partial charge < -0.3 is 15.6 Å². The molecular formula is C12H17BrN2O2. The molecule has 4 N–H and O–H groups in total. The Bertz CT molecular complexity index is 383. The van der Waals surface area contributed by atoms with E-state index in [0.29, 0.717) is 17.9 Å². The van der Waals surface area contributed by atoms with Crippen molar-refractivity contribution >= 4 is 21.8 Å². The minimum absolute atomic E-state index is 0.00309. The van der Waals surface area contributed by atoms with Crippen molar-refractivity contribution in [3.8, 4) is 5.75 Å². The van der Waals surface area contributed by atoms with Gasteiger partial charge >= 0.3 is 0 Å².